The first kappa shape index (κ1) is 22.1. The highest BCUT2D eigenvalue weighted by Gasteiger charge is 2.30. The van der Waals surface area contributed by atoms with Crippen molar-refractivity contribution in [2.24, 2.45) is 5.73 Å². The molecule has 30 heavy (non-hydrogen) atoms. The van der Waals surface area contributed by atoms with Crippen LogP contribution in [0.5, 0.6) is 0 Å². The number of anilines is 1. The number of aryl methyl sites for hydroxylation is 1. The van der Waals surface area contributed by atoms with Gasteiger partial charge in [-0.05, 0) is 43.5 Å². The maximum absolute atomic E-state index is 13.0. The summed E-state index contributed by atoms with van der Waals surface area (Å²) in [7, 11) is 0. The van der Waals surface area contributed by atoms with E-state index in [2.05, 4.69) is 16.3 Å². The molecule has 8 nitrogen and oxygen atoms in total. The molecule has 0 spiro atoms. The Balaban J connectivity index is 1.74. The second-order valence-corrected chi connectivity index (χ2v) is 8.51. The number of halogens is 1. The van der Waals surface area contributed by atoms with E-state index in [1.807, 2.05) is 17.6 Å². The molecule has 158 valence electrons. The quantitative estimate of drug-likeness (QED) is 0.560. The molecule has 0 bridgehead atoms. The third-order valence-corrected chi connectivity index (χ3v) is 6.17. The molecular formula is C20H23ClN6O2S. The lowest BCUT2D eigenvalue weighted by atomic mass is 10.2. The molecule has 0 radical (unpaired) electrons. The number of nitriles is 1. The minimum atomic E-state index is -0.390. The van der Waals surface area contributed by atoms with Crippen molar-refractivity contribution in [3.63, 3.8) is 0 Å². The number of aromatic nitrogens is 3. The molecule has 2 amide bonds. The van der Waals surface area contributed by atoms with E-state index in [4.69, 9.17) is 22.6 Å². The number of primary amides is 1. The number of rotatable bonds is 10. The number of carbonyl (C=O) groups excluding carboxylic acids is 2. The Bertz CT molecular complexity index is 982. The SMILES string of the molecule is Cc1cc(N(CCC#N)C(=O)CSc2nnc(C3CC3)n2CCC(N)=O)ccc1Cl. The molecule has 3 rings (SSSR count). The molecule has 2 aromatic rings. The van der Waals surface area contributed by atoms with Crippen LogP contribution in [0.15, 0.2) is 23.4 Å². The lowest BCUT2D eigenvalue weighted by Gasteiger charge is -2.22. The van der Waals surface area contributed by atoms with Crippen molar-refractivity contribution in [1.82, 2.24) is 14.8 Å². The zero-order valence-corrected chi connectivity index (χ0v) is 18.2. The summed E-state index contributed by atoms with van der Waals surface area (Å²) in [5.41, 5.74) is 6.86. The van der Waals surface area contributed by atoms with Crippen LogP contribution in [0, 0.1) is 18.3 Å². The fourth-order valence-corrected chi connectivity index (χ4v) is 4.01. The highest BCUT2D eigenvalue weighted by atomic mass is 35.5. The van der Waals surface area contributed by atoms with Crippen LogP contribution in [-0.4, -0.2) is 38.9 Å². The lowest BCUT2D eigenvalue weighted by molar-refractivity contribution is -0.118. The predicted molar refractivity (Wildman–Crippen MR) is 115 cm³/mol. The molecular weight excluding hydrogens is 424 g/mol. The van der Waals surface area contributed by atoms with Gasteiger partial charge in [-0.3, -0.25) is 9.59 Å². The van der Waals surface area contributed by atoms with Gasteiger partial charge in [-0.15, -0.1) is 10.2 Å². The van der Waals surface area contributed by atoms with Gasteiger partial charge in [-0.1, -0.05) is 23.4 Å². The third-order valence-electron chi connectivity index (χ3n) is 4.80. The van der Waals surface area contributed by atoms with E-state index in [1.165, 1.54) is 11.8 Å². The topological polar surface area (TPSA) is 118 Å². The molecule has 0 unspecified atom stereocenters. The van der Waals surface area contributed by atoms with Crippen LogP contribution >= 0.6 is 23.4 Å². The van der Waals surface area contributed by atoms with Crippen LogP contribution in [0.25, 0.3) is 0 Å². The molecule has 0 aliphatic heterocycles. The van der Waals surface area contributed by atoms with Gasteiger partial charge in [0.25, 0.3) is 0 Å². The Morgan fingerprint density at radius 3 is 2.80 bits per heavy atom. The average Bonchev–Trinajstić information content (AvgIpc) is 3.48. The Morgan fingerprint density at radius 1 is 1.40 bits per heavy atom. The number of hydrogen-bond donors (Lipinski definition) is 1. The van der Waals surface area contributed by atoms with Crippen molar-refractivity contribution in [2.75, 3.05) is 17.2 Å². The molecule has 1 heterocycles. The van der Waals surface area contributed by atoms with E-state index in [0.29, 0.717) is 34.9 Å². The Kier molecular flexibility index (Phi) is 7.34. The summed E-state index contributed by atoms with van der Waals surface area (Å²) in [6.45, 7) is 2.56. The van der Waals surface area contributed by atoms with E-state index in [0.717, 1.165) is 24.2 Å². The number of nitrogens with two attached hydrogens (primary N) is 1. The van der Waals surface area contributed by atoms with Crippen molar-refractivity contribution < 1.29 is 9.59 Å². The van der Waals surface area contributed by atoms with Gasteiger partial charge in [0, 0.05) is 36.1 Å². The zero-order chi connectivity index (χ0) is 21.7. The number of amides is 2. The molecule has 1 aliphatic carbocycles. The highest BCUT2D eigenvalue weighted by molar-refractivity contribution is 7.99. The van der Waals surface area contributed by atoms with Crippen LogP contribution < -0.4 is 10.6 Å². The first-order chi connectivity index (χ1) is 14.4. The smallest absolute Gasteiger partial charge is 0.237 e. The zero-order valence-electron chi connectivity index (χ0n) is 16.7. The molecule has 10 heteroatoms. The highest BCUT2D eigenvalue weighted by Crippen LogP contribution is 2.40. The summed E-state index contributed by atoms with van der Waals surface area (Å²) >= 11 is 7.38. The maximum Gasteiger partial charge on any atom is 0.237 e. The Hall–Kier alpha value is -2.57. The lowest BCUT2D eigenvalue weighted by Crippen LogP contribution is -2.33. The fraction of sp³-hybridized carbons (Fsp3) is 0.450. The van der Waals surface area contributed by atoms with Crippen molar-refractivity contribution in [1.29, 1.82) is 5.26 Å². The van der Waals surface area contributed by atoms with Crippen molar-refractivity contribution >= 4 is 40.9 Å². The van der Waals surface area contributed by atoms with Gasteiger partial charge in [0.2, 0.25) is 11.8 Å². The summed E-state index contributed by atoms with van der Waals surface area (Å²) in [6.07, 6.45) is 2.52. The van der Waals surface area contributed by atoms with Crippen LogP contribution in [0.2, 0.25) is 5.02 Å². The predicted octanol–water partition coefficient (Wildman–Crippen LogP) is 3.03. The molecule has 0 saturated heterocycles. The summed E-state index contributed by atoms with van der Waals surface area (Å²) in [4.78, 5) is 25.8. The minimum Gasteiger partial charge on any atom is -0.370 e. The fourth-order valence-electron chi connectivity index (χ4n) is 3.04. The van der Waals surface area contributed by atoms with Gasteiger partial charge in [0.1, 0.15) is 5.82 Å². The van der Waals surface area contributed by atoms with Crippen LogP contribution in [0.1, 0.15) is 43.0 Å². The van der Waals surface area contributed by atoms with Gasteiger partial charge in [-0.25, -0.2) is 0 Å². The van der Waals surface area contributed by atoms with E-state index in [-0.39, 0.29) is 24.5 Å². The molecule has 0 atom stereocenters. The van der Waals surface area contributed by atoms with Crippen LogP contribution in [0.3, 0.4) is 0 Å². The summed E-state index contributed by atoms with van der Waals surface area (Å²) in [6, 6.07) is 7.44. The second-order valence-electron chi connectivity index (χ2n) is 7.16. The third kappa shape index (κ3) is 5.52. The van der Waals surface area contributed by atoms with Crippen LogP contribution in [-0.2, 0) is 16.1 Å². The number of nitrogens with zero attached hydrogens (tertiary/aromatic N) is 5. The Labute approximate surface area is 184 Å². The average molecular weight is 447 g/mol. The summed E-state index contributed by atoms with van der Waals surface area (Å²) < 4.78 is 1.90. The maximum atomic E-state index is 13.0. The molecule has 1 fully saturated rings. The van der Waals surface area contributed by atoms with Gasteiger partial charge in [-0.2, -0.15) is 5.26 Å². The number of benzene rings is 1. The monoisotopic (exact) mass is 446 g/mol. The van der Waals surface area contributed by atoms with Crippen molar-refractivity contribution in [2.45, 2.75) is 50.2 Å². The van der Waals surface area contributed by atoms with Gasteiger partial charge < -0.3 is 15.2 Å². The van der Waals surface area contributed by atoms with Gasteiger partial charge in [0.05, 0.1) is 18.2 Å². The van der Waals surface area contributed by atoms with Gasteiger partial charge >= 0.3 is 0 Å². The largest absolute Gasteiger partial charge is 0.370 e. The number of hydrogen-bond acceptors (Lipinski definition) is 6. The van der Waals surface area contributed by atoms with E-state index in [1.54, 1.807) is 17.0 Å². The van der Waals surface area contributed by atoms with Gasteiger partial charge in [0.15, 0.2) is 5.16 Å². The van der Waals surface area contributed by atoms with Crippen molar-refractivity contribution in [3.8, 4) is 6.07 Å². The van der Waals surface area contributed by atoms with E-state index < -0.39 is 5.91 Å². The molecule has 1 aromatic carbocycles. The van der Waals surface area contributed by atoms with E-state index >= 15 is 0 Å². The number of thioether (sulfide) groups is 1. The minimum absolute atomic E-state index is 0.131. The number of carbonyl (C=O) groups is 2. The van der Waals surface area contributed by atoms with Crippen molar-refractivity contribution in [3.05, 3.63) is 34.6 Å². The first-order valence-electron chi connectivity index (χ1n) is 9.68. The summed E-state index contributed by atoms with van der Waals surface area (Å²) in [5, 5.41) is 18.7. The first-order valence-corrected chi connectivity index (χ1v) is 11.0. The molecule has 2 N–H and O–H groups in total. The van der Waals surface area contributed by atoms with Crippen LogP contribution in [0.4, 0.5) is 5.69 Å². The standard InChI is InChI=1S/C20H23ClN6O2S/c1-13-11-15(5-6-16(13)21)26(9-2-8-22)18(29)12-30-20-25-24-19(14-3-4-14)27(20)10-7-17(23)28/h5-6,11,14H,2-4,7,9-10,12H2,1H3,(H2,23,28). The molecule has 1 aromatic heterocycles. The Morgan fingerprint density at radius 2 is 2.17 bits per heavy atom. The second kappa shape index (κ2) is 9.96. The molecule has 1 saturated carbocycles. The summed E-state index contributed by atoms with van der Waals surface area (Å²) in [5.74, 6) is 0.806. The normalized spacial score (nSPS) is 13.1. The molecule has 1 aliphatic rings. The van der Waals surface area contributed by atoms with E-state index in [9.17, 15) is 9.59 Å².